The zero-order chi connectivity index (χ0) is 10.8. The summed E-state index contributed by atoms with van der Waals surface area (Å²) in [4.78, 5) is 13.7. The second-order valence-electron chi connectivity index (χ2n) is 2.64. The summed E-state index contributed by atoms with van der Waals surface area (Å²) in [7, 11) is 0. The van der Waals surface area contributed by atoms with E-state index < -0.39 is 18.6 Å². The monoisotopic (exact) mass is 205 g/mol. The first-order valence-electron chi connectivity index (χ1n) is 3.63. The zero-order valence-electron chi connectivity index (χ0n) is 6.88. The van der Waals surface area contributed by atoms with Gasteiger partial charge in [0.2, 0.25) is 0 Å². The van der Waals surface area contributed by atoms with E-state index in [-0.39, 0.29) is 11.3 Å². The summed E-state index contributed by atoms with van der Waals surface area (Å²) in [5.41, 5.74) is -0.321. The van der Waals surface area contributed by atoms with Gasteiger partial charge in [-0.05, 0) is 12.1 Å². The molecule has 1 N–H and O–H groups in total. The fraction of sp³-hybridized carbons (Fsp3) is 0.250. The average Bonchev–Trinajstić information content (AvgIpc) is 2.02. The smallest absolute Gasteiger partial charge is 0.394 e. The predicted octanol–water partition coefficient (Wildman–Crippen LogP) is 1.88. The quantitative estimate of drug-likeness (QED) is 0.801. The van der Waals surface area contributed by atoms with Gasteiger partial charge in [0, 0.05) is 11.9 Å². The molecule has 0 saturated heterocycles. The fourth-order valence-corrected chi connectivity index (χ4v) is 0.861. The molecule has 14 heavy (non-hydrogen) atoms. The molecule has 1 aromatic rings. The Morgan fingerprint density at radius 1 is 1.43 bits per heavy atom. The molecule has 0 aliphatic carbocycles. The van der Waals surface area contributed by atoms with Gasteiger partial charge in [0.05, 0.1) is 12.0 Å². The number of alkyl halides is 3. The Kier molecular flexibility index (Phi) is 2.73. The van der Waals surface area contributed by atoms with E-state index in [0.717, 1.165) is 18.3 Å². The van der Waals surface area contributed by atoms with Gasteiger partial charge in [-0.25, -0.2) is 4.79 Å². The maximum Gasteiger partial charge on any atom is 0.394 e. The van der Waals surface area contributed by atoms with Gasteiger partial charge in [-0.15, -0.1) is 0 Å². The molecule has 1 aromatic heterocycles. The Labute approximate surface area is 77.2 Å². The molecule has 3 nitrogen and oxygen atoms in total. The first kappa shape index (κ1) is 10.5. The maximum atomic E-state index is 11.8. The highest BCUT2D eigenvalue weighted by molar-refractivity contribution is 5.87. The first-order chi connectivity index (χ1) is 6.38. The van der Waals surface area contributed by atoms with E-state index in [4.69, 9.17) is 5.11 Å². The third-order valence-corrected chi connectivity index (χ3v) is 1.45. The molecular weight excluding hydrogens is 199 g/mol. The van der Waals surface area contributed by atoms with Crippen LogP contribution in [0.3, 0.4) is 0 Å². The molecule has 0 amide bonds. The summed E-state index contributed by atoms with van der Waals surface area (Å²) < 4.78 is 35.5. The first-order valence-corrected chi connectivity index (χ1v) is 3.63. The van der Waals surface area contributed by atoms with E-state index >= 15 is 0 Å². The SMILES string of the molecule is O=C(O)c1ccc(CC(F)(F)F)nc1. The summed E-state index contributed by atoms with van der Waals surface area (Å²) in [5, 5.41) is 8.45. The lowest BCUT2D eigenvalue weighted by Gasteiger charge is -2.04. The number of pyridine rings is 1. The van der Waals surface area contributed by atoms with Crippen molar-refractivity contribution in [2.75, 3.05) is 0 Å². The number of carbonyl (C=O) groups is 1. The number of aromatic carboxylic acids is 1. The molecule has 6 heteroatoms. The van der Waals surface area contributed by atoms with Crippen molar-refractivity contribution < 1.29 is 23.1 Å². The molecule has 0 radical (unpaired) electrons. The number of nitrogens with zero attached hydrogens (tertiary/aromatic N) is 1. The van der Waals surface area contributed by atoms with Crippen LogP contribution in [-0.2, 0) is 6.42 Å². The van der Waals surface area contributed by atoms with Crippen LogP contribution in [0.2, 0.25) is 0 Å². The maximum absolute atomic E-state index is 11.8. The van der Waals surface area contributed by atoms with Crippen LogP contribution in [0.25, 0.3) is 0 Å². The summed E-state index contributed by atoms with van der Waals surface area (Å²) in [6, 6.07) is 2.15. The van der Waals surface area contributed by atoms with Crippen molar-refractivity contribution in [3.8, 4) is 0 Å². The van der Waals surface area contributed by atoms with Crippen LogP contribution in [0.5, 0.6) is 0 Å². The van der Waals surface area contributed by atoms with Gasteiger partial charge in [-0.3, -0.25) is 4.98 Å². The van der Waals surface area contributed by atoms with Gasteiger partial charge in [0.15, 0.2) is 0 Å². The highest BCUT2D eigenvalue weighted by Gasteiger charge is 2.28. The number of carboxylic acids is 1. The molecule has 0 unspecified atom stereocenters. The number of carboxylic acid groups (broad SMARTS) is 1. The van der Waals surface area contributed by atoms with E-state index in [9.17, 15) is 18.0 Å². The Hall–Kier alpha value is -1.59. The topological polar surface area (TPSA) is 50.2 Å². The molecule has 0 aliphatic heterocycles. The van der Waals surface area contributed by atoms with Gasteiger partial charge >= 0.3 is 12.1 Å². The summed E-state index contributed by atoms with van der Waals surface area (Å²) in [6.45, 7) is 0. The molecule has 0 spiro atoms. The van der Waals surface area contributed by atoms with Crippen LogP contribution in [0.4, 0.5) is 13.2 Å². The van der Waals surface area contributed by atoms with Crippen molar-refractivity contribution in [3.05, 3.63) is 29.6 Å². The van der Waals surface area contributed by atoms with Gasteiger partial charge in [0.1, 0.15) is 0 Å². The van der Waals surface area contributed by atoms with Gasteiger partial charge < -0.3 is 5.11 Å². The number of halogens is 3. The van der Waals surface area contributed by atoms with E-state index in [2.05, 4.69) is 4.98 Å². The van der Waals surface area contributed by atoms with Crippen LogP contribution in [0.1, 0.15) is 16.1 Å². The minimum Gasteiger partial charge on any atom is -0.478 e. The number of rotatable bonds is 2. The molecule has 0 aromatic carbocycles. The van der Waals surface area contributed by atoms with Gasteiger partial charge in [0.25, 0.3) is 0 Å². The molecule has 1 rings (SSSR count). The summed E-state index contributed by atoms with van der Waals surface area (Å²) in [5.74, 6) is -1.21. The highest BCUT2D eigenvalue weighted by Crippen LogP contribution is 2.19. The van der Waals surface area contributed by atoms with Crippen molar-refractivity contribution in [1.82, 2.24) is 4.98 Å². The average molecular weight is 205 g/mol. The van der Waals surface area contributed by atoms with Crippen molar-refractivity contribution in [2.45, 2.75) is 12.6 Å². The zero-order valence-corrected chi connectivity index (χ0v) is 6.88. The Bertz CT molecular complexity index is 331. The molecule has 0 aliphatic rings. The van der Waals surface area contributed by atoms with Gasteiger partial charge in [-0.1, -0.05) is 0 Å². The fourth-order valence-electron chi connectivity index (χ4n) is 0.861. The van der Waals surface area contributed by atoms with Crippen LogP contribution >= 0.6 is 0 Å². The molecular formula is C8H6F3NO2. The van der Waals surface area contributed by atoms with Crippen molar-refractivity contribution in [2.24, 2.45) is 0 Å². The standard InChI is InChI=1S/C8H6F3NO2/c9-8(10,11)3-6-2-1-5(4-12-6)7(13)14/h1-2,4H,3H2,(H,13,14). The second kappa shape index (κ2) is 3.65. The van der Waals surface area contributed by atoms with E-state index in [0.29, 0.717) is 0 Å². The summed E-state index contributed by atoms with van der Waals surface area (Å²) >= 11 is 0. The number of hydrogen-bond acceptors (Lipinski definition) is 2. The van der Waals surface area contributed by atoms with Gasteiger partial charge in [-0.2, -0.15) is 13.2 Å². The lowest BCUT2D eigenvalue weighted by molar-refractivity contribution is -0.127. The lowest BCUT2D eigenvalue weighted by atomic mass is 10.2. The van der Waals surface area contributed by atoms with Crippen LogP contribution in [0.15, 0.2) is 18.3 Å². The van der Waals surface area contributed by atoms with Crippen molar-refractivity contribution in [1.29, 1.82) is 0 Å². The second-order valence-corrected chi connectivity index (χ2v) is 2.64. The van der Waals surface area contributed by atoms with Crippen LogP contribution in [-0.4, -0.2) is 22.2 Å². The molecule has 76 valence electrons. The molecule has 0 fully saturated rings. The third kappa shape index (κ3) is 3.04. The summed E-state index contributed by atoms with van der Waals surface area (Å²) in [6.07, 6.45) is -4.56. The van der Waals surface area contributed by atoms with E-state index in [1.165, 1.54) is 0 Å². The predicted molar refractivity (Wildman–Crippen MR) is 41.0 cm³/mol. The van der Waals surface area contributed by atoms with E-state index in [1.54, 1.807) is 0 Å². The Morgan fingerprint density at radius 3 is 2.43 bits per heavy atom. The molecule has 0 bridgehead atoms. The minimum absolute atomic E-state index is 0.129. The Balaban J connectivity index is 2.79. The Morgan fingerprint density at radius 2 is 2.07 bits per heavy atom. The number of aromatic nitrogens is 1. The normalized spacial score (nSPS) is 11.4. The lowest BCUT2D eigenvalue weighted by Crippen LogP contribution is -2.13. The molecule has 0 saturated carbocycles. The van der Waals surface area contributed by atoms with Crippen LogP contribution in [0, 0.1) is 0 Å². The third-order valence-electron chi connectivity index (χ3n) is 1.45. The minimum atomic E-state index is -4.32. The van der Waals surface area contributed by atoms with Crippen molar-refractivity contribution >= 4 is 5.97 Å². The van der Waals surface area contributed by atoms with Crippen molar-refractivity contribution in [3.63, 3.8) is 0 Å². The largest absolute Gasteiger partial charge is 0.478 e. The number of hydrogen-bond donors (Lipinski definition) is 1. The van der Waals surface area contributed by atoms with Crippen LogP contribution < -0.4 is 0 Å². The highest BCUT2D eigenvalue weighted by atomic mass is 19.4. The van der Waals surface area contributed by atoms with E-state index in [1.807, 2.05) is 0 Å². The molecule has 1 heterocycles. The molecule has 0 atom stereocenters.